The van der Waals surface area contributed by atoms with Crippen LogP contribution in [0.3, 0.4) is 0 Å². The first-order chi connectivity index (χ1) is 25.6. The average molecular weight is 797 g/mol. The largest absolute Gasteiger partial charge is 0.479 e. The Bertz CT molecular complexity index is 1390. The molecule has 0 aromatic heterocycles. The van der Waals surface area contributed by atoms with Gasteiger partial charge in [0.1, 0.15) is 73.0 Å². The summed E-state index contributed by atoms with van der Waals surface area (Å²) in [5, 5.41) is 85.3. The van der Waals surface area contributed by atoms with Crippen molar-refractivity contribution in [1.29, 1.82) is 0 Å². The Morgan fingerprint density at radius 3 is 1.25 bits per heavy atom. The number of carboxylic acids is 1. The normalized spacial score (nSPS) is 44.8. The van der Waals surface area contributed by atoms with Crippen molar-refractivity contribution >= 4 is 29.6 Å². The third kappa shape index (κ3) is 10.2. The first kappa shape index (κ1) is 44.5. The molecule has 20 atom stereocenters. The third-order valence-electron chi connectivity index (χ3n) is 9.66. The van der Waals surface area contributed by atoms with Crippen LogP contribution in [0.5, 0.6) is 0 Å². The van der Waals surface area contributed by atoms with Gasteiger partial charge in [0.2, 0.25) is 23.6 Å². The maximum absolute atomic E-state index is 13.1. The van der Waals surface area contributed by atoms with Crippen molar-refractivity contribution in [2.45, 2.75) is 171 Å². The molecule has 23 nitrogen and oxygen atoms in total. The van der Waals surface area contributed by atoms with Crippen molar-refractivity contribution in [1.82, 2.24) is 21.3 Å². The van der Waals surface area contributed by atoms with Gasteiger partial charge >= 0.3 is 5.97 Å². The molecule has 0 aliphatic carbocycles. The SMILES string of the molecule is CC(=O)N[C@H]1[C@H](O[C@@H]2[C@H](O[C@H]3O[C@H](C)[C@H](O)[C@H](O)[C@H]3NC(C)=O)[C@@H](NC(C)=O)[C@@H](O[C@@H]3[C@@H](O)[C@H](C)O[C@@H](O)[C@H]3NC(C)=O)O[C@@H]2C(=O)O)O[C@@H](C)[C@H](O)[C@H]1O. The van der Waals surface area contributed by atoms with Crippen molar-refractivity contribution in [3.63, 3.8) is 0 Å². The lowest BCUT2D eigenvalue weighted by Gasteiger charge is -2.51. The number of aliphatic carboxylic acids is 1. The molecular formula is C32H52N4O19. The molecular weight excluding hydrogens is 744 g/mol. The van der Waals surface area contributed by atoms with E-state index in [1.807, 2.05) is 0 Å². The van der Waals surface area contributed by atoms with Crippen LogP contribution < -0.4 is 21.3 Å². The summed E-state index contributed by atoms with van der Waals surface area (Å²) in [4.78, 5) is 62.4. The minimum absolute atomic E-state index is 0.680. The van der Waals surface area contributed by atoms with Crippen LogP contribution in [-0.2, 0) is 57.1 Å². The van der Waals surface area contributed by atoms with Gasteiger partial charge in [-0.25, -0.2) is 4.79 Å². The summed E-state index contributed by atoms with van der Waals surface area (Å²) < 4.78 is 41.5. The Labute approximate surface area is 314 Å². The van der Waals surface area contributed by atoms with Gasteiger partial charge in [-0.05, 0) is 20.8 Å². The van der Waals surface area contributed by atoms with Crippen LogP contribution in [0.15, 0.2) is 0 Å². The van der Waals surface area contributed by atoms with E-state index >= 15 is 0 Å². The molecule has 55 heavy (non-hydrogen) atoms. The number of aliphatic hydroxyl groups excluding tert-OH is 6. The van der Waals surface area contributed by atoms with Gasteiger partial charge in [-0.1, -0.05) is 0 Å². The fourth-order valence-corrected chi connectivity index (χ4v) is 6.96. The van der Waals surface area contributed by atoms with Gasteiger partial charge in [-0.3, -0.25) is 19.2 Å². The molecule has 0 bridgehead atoms. The van der Waals surface area contributed by atoms with Gasteiger partial charge in [-0.15, -0.1) is 0 Å². The summed E-state index contributed by atoms with van der Waals surface area (Å²) in [5.41, 5.74) is 0. The number of ether oxygens (including phenoxy) is 7. The smallest absolute Gasteiger partial charge is 0.335 e. The molecule has 4 aliphatic rings. The lowest BCUT2D eigenvalue weighted by atomic mass is 9.92. The van der Waals surface area contributed by atoms with Gasteiger partial charge in [0.15, 0.2) is 31.3 Å². The minimum Gasteiger partial charge on any atom is -0.479 e. The molecule has 0 radical (unpaired) electrons. The van der Waals surface area contributed by atoms with Crippen molar-refractivity contribution < 1.29 is 92.9 Å². The van der Waals surface area contributed by atoms with Gasteiger partial charge in [0.05, 0.1) is 18.3 Å². The molecule has 0 aromatic rings. The van der Waals surface area contributed by atoms with Crippen molar-refractivity contribution in [3.05, 3.63) is 0 Å². The second-order valence-electron chi connectivity index (χ2n) is 14.1. The predicted molar refractivity (Wildman–Crippen MR) is 177 cm³/mol. The number of hydrogen-bond donors (Lipinski definition) is 11. The van der Waals surface area contributed by atoms with E-state index in [4.69, 9.17) is 33.2 Å². The van der Waals surface area contributed by atoms with E-state index in [0.717, 1.165) is 27.7 Å². The van der Waals surface area contributed by atoms with Crippen LogP contribution >= 0.6 is 0 Å². The zero-order valence-corrected chi connectivity index (χ0v) is 31.1. The third-order valence-corrected chi connectivity index (χ3v) is 9.66. The van der Waals surface area contributed by atoms with Crippen molar-refractivity contribution in [2.75, 3.05) is 0 Å². The molecule has 0 aromatic carbocycles. The van der Waals surface area contributed by atoms with Crippen molar-refractivity contribution in [3.8, 4) is 0 Å². The van der Waals surface area contributed by atoms with E-state index in [1.165, 1.54) is 20.8 Å². The molecule has 4 heterocycles. The average Bonchev–Trinajstić information content (AvgIpc) is 3.07. The zero-order chi connectivity index (χ0) is 41.2. The first-order valence-corrected chi connectivity index (χ1v) is 17.6. The van der Waals surface area contributed by atoms with E-state index in [0.29, 0.717) is 0 Å². The highest BCUT2D eigenvalue weighted by Crippen LogP contribution is 2.36. The quantitative estimate of drug-likeness (QED) is 0.0927. The Balaban J connectivity index is 1.86. The van der Waals surface area contributed by atoms with Gasteiger partial charge in [0, 0.05) is 27.7 Å². The monoisotopic (exact) mass is 796 g/mol. The standard InChI is InChI=1S/C32H52N4O19/c1-8-19(41)22(44)15(33-11(4)37)30(50-8)53-25-18(36-14(7)40)32(52-24-17(35-13(6)39)29(48)49-10(3)21(24)43)55-27(28(46)47)26(25)54-31-16(34-12(5)38)23(45)20(42)9(2)51-31/h8-10,15-27,29-32,41-45,48H,1-7H3,(H,33,37)(H,34,38)(H,35,39)(H,36,40)(H,46,47)/t8-,9+,10+,15-,16-,17+,18-,19+,20+,21+,22-,23+,24+,25-,26-,27+,29-,30-,31+,32+/m1/s1. The number of carbonyl (C=O) groups excluding carboxylic acids is 4. The van der Waals surface area contributed by atoms with Crippen molar-refractivity contribution in [2.24, 2.45) is 0 Å². The number of aliphatic hydroxyl groups is 6. The Hall–Kier alpha value is -3.17. The molecule has 0 saturated carbocycles. The fourth-order valence-electron chi connectivity index (χ4n) is 6.96. The molecule has 23 heteroatoms. The maximum Gasteiger partial charge on any atom is 0.335 e. The Morgan fingerprint density at radius 2 is 0.818 bits per heavy atom. The molecule has 4 aliphatic heterocycles. The summed E-state index contributed by atoms with van der Waals surface area (Å²) in [6, 6.07) is -6.22. The van der Waals surface area contributed by atoms with Crippen LogP contribution in [-0.4, -0.2) is 188 Å². The van der Waals surface area contributed by atoms with Crippen LogP contribution in [0, 0.1) is 0 Å². The van der Waals surface area contributed by atoms with Gasteiger partial charge in [0.25, 0.3) is 0 Å². The van der Waals surface area contributed by atoms with Gasteiger partial charge < -0.3 is 90.2 Å². The fraction of sp³-hybridized carbons (Fsp3) is 0.844. The topological polar surface area (TPSA) is 340 Å². The zero-order valence-electron chi connectivity index (χ0n) is 31.1. The summed E-state index contributed by atoms with van der Waals surface area (Å²) in [5.74, 6) is -4.61. The lowest BCUT2D eigenvalue weighted by molar-refractivity contribution is -0.362. The minimum atomic E-state index is -2.17. The first-order valence-electron chi connectivity index (χ1n) is 17.6. The van der Waals surface area contributed by atoms with Crippen LogP contribution in [0.1, 0.15) is 48.5 Å². The number of nitrogens with one attached hydrogen (secondary N) is 4. The highest BCUT2D eigenvalue weighted by molar-refractivity contribution is 5.75. The number of amides is 4. The van der Waals surface area contributed by atoms with E-state index < -0.39 is 152 Å². The van der Waals surface area contributed by atoms with Crippen LogP contribution in [0.2, 0.25) is 0 Å². The molecule has 4 amide bonds. The molecule has 11 N–H and O–H groups in total. The molecule has 4 fully saturated rings. The maximum atomic E-state index is 13.1. The summed E-state index contributed by atoms with van der Waals surface area (Å²) in [7, 11) is 0. The van der Waals surface area contributed by atoms with E-state index in [9.17, 15) is 59.7 Å². The van der Waals surface area contributed by atoms with Crippen LogP contribution in [0.4, 0.5) is 0 Å². The molecule has 4 saturated heterocycles. The summed E-state index contributed by atoms with van der Waals surface area (Å²) in [6.07, 6.45) is -26.3. The van der Waals surface area contributed by atoms with Gasteiger partial charge in [-0.2, -0.15) is 0 Å². The molecule has 0 spiro atoms. The number of hydrogen-bond acceptors (Lipinski definition) is 18. The highest BCUT2D eigenvalue weighted by atomic mass is 16.8. The van der Waals surface area contributed by atoms with Crippen LogP contribution in [0.25, 0.3) is 0 Å². The number of carbonyl (C=O) groups is 5. The molecule has 0 unspecified atom stereocenters. The number of rotatable bonds is 11. The lowest BCUT2D eigenvalue weighted by Crippen LogP contribution is -2.73. The second kappa shape index (κ2) is 18.4. The molecule has 4 rings (SSSR count). The van der Waals surface area contributed by atoms with E-state index in [-0.39, 0.29) is 0 Å². The molecule has 314 valence electrons. The second-order valence-corrected chi connectivity index (χ2v) is 14.1. The Morgan fingerprint density at radius 1 is 0.455 bits per heavy atom. The predicted octanol–water partition coefficient (Wildman–Crippen LogP) is -6.00. The summed E-state index contributed by atoms with van der Waals surface area (Å²) >= 11 is 0. The van der Waals surface area contributed by atoms with E-state index in [1.54, 1.807) is 0 Å². The summed E-state index contributed by atoms with van der Waals surface area (Å²) in [6.45, 7) is 8.48. The Kier molecular flexibility index (Phi) is 14.9. The highest BCUT2D eigenvalue weighted by Gasteiger charge is 2.58. The number of carboxylic acid groups (broad SMARTS) is 1. The van der Waals surface area contributed by atoms with E-state index in [2.05, 4.69) is 21.3 Å².